The highest BCUT2D eigenvalue weighted by molar-refractivity contribution is 8.17. The van der Waals surface area contributed by atoms with Gasteiger partial charge in [0.25, 0.3) is 0 Å². The minimum absolute atomic E-state index is 0.0951. The van der Waals surface area contributed by atoms with Crippen LogP contribution < -0.4 is 56.8 Å². The SMILES string of the molecule is COc1ccc(C(=O)OCC/C(SC(=O)c2ccc(OC)c(OC)c2OC)=C(\C)N(C=O)CCCCCCCCCCCCN(C=O)/C(C)=C(/CCOC(=O)c2ccc(OC)c(OC)c2OC)SC(=O)c2ccc(OC)c(OC)c2OC)c(OC)c1OC. The van der Waals surface area contributed by atoms with Gasteiger partial charge >= 0.3 is 11.9 Å². The van der Waals surface area contributed by atoms with Gasteiger partial charge in [-0.3, -0.25) is 19.2 Å². The Morgan fingerprint density at radius 3 is 0.852 bits per heavy atom. The molecule has 22 nitrogen and oxygen atoms in total. The molecule has 0 atom stereocenters. The molecule has 0 saturated heterocycles. The summed E-state index contributed by atoms with van der Waals surface area (Å²) in [6, 6.07) is 12.5. The molecule has 0 radical (unpaired) electrons. The molecule has 482 valence electrons. The first-order valence-electron chi connectivity index (χ1n) is 28.4. The van der Waals surface area contributed by atoms with E-state index in [2.05, 4.69) is 0 Å². The molecule has 0 heterocycles. The topological polar surface area (TPSA) is 238 Å². The van der Waals surface area contributed by atoms with Crippen molar-refractivity contribution in [3.63, 3.8) is 0 Å². The lowest BCUT2D eigenvalue weighted by Crippen LogP contribution is -2.23. The van der Waals surface area contributed by atoms with Crippen molar-refractivity contribution in [3.05, 3.63) is 92.0 Å². The molecule has 0 unspecified atom stereocenters. The number of esters is 2. The lowest BCUT2D eigenvalue weighted by molar-refractivity contribution is -0.117. The van der Waals surface area contributed by atoms with E-state index < -0.39 is 22.2 Å². The Bertz CT molecular complexity index is 2850. The monoisotopic (exact) mass is 1260 g/mol. The summed E-state index contributed by atoms with van der Waals surface area (Å²) in [6.07, 6.45) is 10.8. The number of hydrogen-bond donors (Lipinski definition) is 0. The summed E-state index contributed by atoms with van der Waals surface area (Å²) in [6.45, 7) is 4.03. The number of carbonyl (C=O) groups excluding carboxylic acids is 6. The molecule has 4 rings (SSSR count). The molecule has 2 amide bonds. The number of carbonyl (C=O) groups is 6. The van der Waals surface area contributed by atoms with Gasteiger partial charge in [0, 0.05) is 47.1 Å². The number of amides is 2. The summed E-state index contributed by atoms with van der Waals surface area (Å²) in [5, 5.41) is -0.788. The van der Waals surface area contributed by atoms with Crippen LogP contribution in [0.1, 0.15) is 132 Å². The number of hydrogen-bond acceptors (Lipinski definition) is 22. The average molecular weight is 1270 g/mol. The van der Waals surface area contributed by atoms with Crippen LogP contribution in [0, 0.1) is 0 Å². The molecular weight excluding hydrogens is 1180 g/mol. The Hall–Kier alpha value is -8.12. The zero-order valence-corrected chi connectivity index (χ0v) is 54.6. The number of thioether (sulfide) groups is 2. The number of unbranched alkanes of at least 4 members (excludes halogenated alkanes) is 9. The van der Waals surface area contributed by atoms with Crippen LogP contribution in [0.4, 0.5) is 0 Å². The second kappa shape index (κ2) is 38.2. The van der Waals surface area contributed by atoms with Crippen molar-refractivity contribution in [2.75, 3.05) is 112 Å². The van der Waals surface area contributed by atoms with E-state index in [0.717, 1.165) is 87.7 Å². The zero-order valence-electron chi connectivity index (χ0n) is 53.0. The van der Waals surface area contributed by atoms with Crippen molar-refractivity contribution < 1.29 is 95.1 Å². The van der Waals surface area contributed by atoms with Gasteiger partial charge in [-0.25, -0.2) is 9.59 Å². The van der Waals surface area contributed by atoms with Gasteiger partial charge in [-0.1, -0.05) is 51.4 Å². The fraction of sp³-hybridized carbons (Fsp3) is 0.469. The quantitative estimate of drug-likeness (QED) is 0.0228. The van der Waals surface area contributed by atoms with Crippen LogP contribution in [-0.4, -0.2) is 156 Å². The maximum atomic E-state index is 14.1. The second-order valence-corrected chi connectivity index (χ2v) is 21.4. The summed E-state index contributed by atoms with van der Waals surface area (Å²) in [7, 11) is 17.3. The maximum Gasteiger partial charge on any atom is 0.342 e. The van der Waals surface area contributed by atoms with Crippen molar-refractivity contribution >= 4 is 58.5 Å². The Morgan fingerprint density at radius 1 is 0.352 bits per heavy atom. The number of nitrogens with zero attached hydrogens (tertiary/aromatic N) is 2. The molecule has 24 heteroatoms. The predicted molar refractivity (Wildman–Crippen MR) is 335 cm³/mol. The van der Waals surface area contributed by atoms with Gasteiger partial charge in [0.05, 0.1) is 110 Å². The number of allylic oxidation sites excluding steroid dienone is 2. The van der Waals surface area contributed by atoms with E-state index in [1.54, 1.807) is 60.0 Å². The fourth-order valence-corrected chi connectivity index (χ4v) is 11.4. The summed E-state index contributed by atoms with van der Waals surface area (Å²) < 4.78 is 77.1. The maximum absolute atomic E-state index is 14.1. The standard InChI is InChI=1S/C64H84N2O20S2/c1-41(51(87-63(71)45-27-31-49(75-5)59(83-13)55(45)79-9)33-37-85-61(69)43-25-29-47(73-3)57(81-11)53(43)77-7)65(39-67)35-23-21-19-17-15-16-18-20-22-24-36-66(40-68)42(2)52(88-64(72)46-28-32-50(76-6)60(84-14)56(46)80-10)34-38-86-62(70)44-26-30-48(74-4)58(82-12)54(44)78-8/h25-32,39-40H,15-24,33-38H2,1-14H3/b51-41-,52-42-. The number of methoxy groups -OCH3 is 12. The first-order chi connectivity index (χ1) is 42.6. The van der Waals surface area contributed by atoms with Crippen LogP contribution >= 0.6 is 23.5 Å². The van der Waals surface area contributed by atoms with Crippen LogP contribution in [0.25, 0.3) is 0 Å². The van der Waals surface area contributed by atoms with E-state index in [0.29, 0.717) is 70.1 Å². The highest BCUT2D eigenvalue weighted by Gasteiger charge is 2.28. The molecule has 0 aromatic heterocycles. The molecule has 4 aromatic carbocycles. The number of benzene rings is 4. The van der Waals surface area contributed by atoms with Gasteiger partial charge in [-0.2, -0.15) is 0 Å². The van der Waals surface area contributed by atoms with Crippen LogP contribution in [0.15, 0.2) is 69.7 Å². The van der Waals surface area contributed by atoms with Crippen LogP contribution in [0.3, 0.4) is 0 Å². The highest BCUT2D eigenvalue weighted by Crippen LogP contribution is 2.45. The molecule has 0 aliphatic rings. The van der Waals surface area contributed by atoms with Gasteiger partial charge in [0.1, 0.15) is 11.1 Å². The molecule has 0 saturated carbocycles. The summed E-state index contributed by atoms with van der Waals surface area (Å²) in [4.78, 5) is 84.5. The van der Waals surface area contributed by atoms with Crippen LogP contribution in [-0.2, 0) is 19.1 Å². The minimum Gasteiger partial charge on any atom is -0.493 e. The van der Waals surface area contributed by atoms with Crippen molar-refractivity contribution in [1.82, 2.24) is 9.80 Å². The molecule has 0 aliphatic heterocycles. The van der Waals surface area contributed by atoms with Crippen LogP contribution in [0.5, 0.6) is 69.0 Å². The summed E-state index contributed by atoms with van der Waals surface area (Å²) in [5.74, 6) is 1.67. The van der Waals surface area contributed by atoms with Crippen molar-refractivity contribution in [2.24, 2.45) is 0 Å². The van der Waals surface area contributed by atoms with E-state index in [1.807, 2.05) is 0 Å². The van der Waals surface area contributed by atoms with E-state index in [1.165, 1.54) is 97.5 Å². The molecule has 0 N–H and O–H groups in total. The van der Waals surface area contributed by atoms with Crippen molar-refractivity contribution in [2.45, 2.75) is 90.9 Å². The van der Waals surface area contributed by atoms with E-state index in [-0.39, 0.29) is 94.3 Å². The molecule has 0 fully saturated rings. The van der Waals surface area contributed by atoms with E-state index in [9.17, 15) is 28.8 Å². The lowest BCUT2D eigenvalue weighted by atomic mass is 10.1. The third-order valence-electron chi connectivity index (χ3n) is 14.2. The van der Waals surface area contributed by atoms with Crippen molar-refractivity contribution in [3.8, 4) is 69.0 Å². The van der Waals surface area contributed by atoms with Gasteiger partial charge in [-0.05, 0) is 98.7 Å². The van der Waals surface area contributed by atoms with Gasteiger partial charge in [-0.15, -0.1) is 0 Å². The molecule has 4 aromatic rings. The second-order valence-electron chi connectivity index (χ2n) is 19.2. The average Bonchev–Trinajstić information content (AvgIpc) is 3.74. The third-order valence-corrected chi connectivity index (χ3v) is 16.5. The third kappa shape index (κ3) is 19.2. The number of rotatable bonds is 41. The molecule has 0 bridgehead atoms. The smallest absolute Gasteiger partial charge is 0.342 e. The summed E-state index contributed by atoms with van der Waals surface area (Å²) in [5.41, 5.74) is 1.71. The lowest BCUT2D eigenvalue weighted by Gasteiger charge is -2.22. The van der Waals surface area contributed by atoms with E-state index in [4.69, 9.17) is 66.3 Å². The van der Waals surface area contributed by atoms with Gasteiger partial charge < -0.3 is 76.1 Å². The number of ether oxygens (including phenoxy) is 14. The Labute approximate surface area is 524 Å². The molecule has 0 aliphatic carbocycles. The Morgan fingerprint density at radius 2 is 0.602 bits per heavy atom. The Kier molecular flexibility index (Phi) is 31.4. The fourth-order valence-electron chi connectivity index (χ4n) is 9.52. The van der Waals surface area contributed by atoms with Crippen molar-refractivity contribution in [1.29, 1.82) is 0 Å². The predicted octanol–water partition coefficient (Wildman–Crippen LogP) is 12.0. The molecular formula is C64H84N2O20S2. The first-order valence-corrected chi connectivity index (χ1v) is 30.0. The summed E-state index contributed by atoms with van der Waals surface area (Å²) >= 11 is 1.80. The largest absolute Gasteiger partial charge is 0.493 e. The Balaban J connectivity index is 1.35. The van der Waals surface area contributed by atoms with Crippen LogP contribution in [0.2, 0.25) is 0 Å². The molecule has 0 spiro atoms. The first kappa shape index (κ1) is 72.4. The zero-order chi connectivity index (χ0) is 64.7. The highest BCUT2D eigenvalue weighted by atomic mass is 32.2. The van der Waals surface area contributed by atoms with Gasteiger partial charge in [0.2, 0.25) is 46.0 Å². The van der Waals surface area contributed by atoms with E-state index >= 15 is 0 Å². The normalized spacial score (nSPS) is 11.4. The minimum atomic E-state index is -0.691. The van der Waals surface area contributed by atoms with Gasteiger partial charge in [0.15, 0.2) is 46.0 Å². The molecule has 88 heavy (non-hydrogen) atoms.